The van der Waals surface area contributed by atoms with Gasteiger partial charge in [-0.1, -0.05) is 159 Å². The van der Waals surface area contributed by atoms with Gasteiger partial charge in [0.05, 0.1) is 34.4 Å². The smallest absolute Gasteiger partial charge is 0.362 e. The zero-order valence-electron chi connectivity index (χ0n) is 36.1. The molecule has 0 spiro atoms. The molecule has 0 heterocycles. The molecule has 0 amide bonds. The number of unbranched alkanes of at least 4 members (excludes halogenated alkanes) is 17. The first-order valence-electron chi connectivity index (χ1n) is 22.2. The second kappa shape index (κ2) is 38.2. The summed E-state index contributed by atoms with van der Waals surface area (Å²) in [4.78, 5) is 36.9. The van der Waals surface area contributed by atoms with Crippen LogP contribution in [0.15, 0.2) is 48.6 Å². The molecule has 0 saturated heterocycles. The molecular formula is C47H84NO7+. The van der Waals surface area contributed by atoms with Crippen molar-refractivity contribution in [1.82, 2.24) is 0 Å². The molecule has 0 aromatic heterocycles. The molecule has 0 aromatic carbocycles. The number of carbonyl (C=O) groups excluding carboxylic acids is 2. The fourth-order valence-corrected chi connectivity index (χ4v) is 6.26. The van der Waals surface area contributed by atoms with Gasteiger partial charge in [-0.3, -0.25) is 9.59 Å². The minimum atomic E-state index is -0.882. The molecule has 2 unspecified atom stereocenters. The lowest BCUT2D eigenvalue weighted by Crippen LogP contribution is -2.50. The van der Waals surface area contributed by atoms with Crippen LogP contribution in [0.1, 0.15) is 181 Å². The number of esters is 2. The molecule has 2 atom stereocenters. The topological polar surface area (TPSA) is 99.1 Å². The second-order valence-corrected chi connectivity index (χ2v) is 16.0. The SMILES string of the molecule is CCCCC/C=C/C/C=C/C/C=C/C/C=C/CCCC(=O)OCC(COCCC(C(=O)O)[N+](C)(C)C)OC(=O)CCCCCCCCCCCCCCCC. The van der Waals surface area contributed by atoms with E-state index in [9.17, 15) is 19.5 Å². The number of likely N-dealkylation sites (N-methyl/N-ethyl adjacent to an activating group) is 1. The first-order chi connectivity index (χ1) is 26.6. The van der Waals surface area contributed by atoms with Crippen molar-refractivity contribution < 1.29 is 38.2 Å². The minimum Gasteiger partial charge on any atom is -0.477 e. The van der Waals surface area contributed by atoms with E-state index in [1.54, 1.807) is 0 Å². The predicted octanol–water partition coefficient (Wildman–Crippen LogP) is 12.0. The lowest BCUT2D eigenvalue weighted by Gasteiger charge is -2.31. The molecule has 0 aromatic rings. The van der Waals surface area contributed by atoms with Crippen molar-refractivity contribution in [2.24, 2.45) is 0 Å². The van der Waals surface area contributed by atoms with Crippen molar-refractivity contribution >= 4 is 17.9 Å². The standard InChI is InChI=1S/C47H83NO7/c1-6-8-10-12-14-16-18-20-22-23-24-26-27-29-31-33-35-37-45(49)54-42-43(41-53-40-39-44(47(51)52)48(3,4)5)55-46(50)38-36-34-32-30-28-25-21-19-17-15-13-11-9-7-2/h14,16,20,22,24,26,29,31,43-44H,6-13,15,17-19,21,23,25,27-28,30,32-42H2,1-5H3/p+1/b16-14+,22-20+,26-24+,31-29+. The lowest BCUT2D eigenvalue weighted by atomic mass is 10.0. The van der Waals surface area contributed by atoms with Gasteiger partial charge in [0, 0.05) is 19.3 Å². The normalized spacial score (nSPS) is 13.4. The highest BCUT2D eigenvalue weighted by Crippen LogP contribution is 2.14. The third-order valence-corrected chi connectivity index (χ3v) is 9.73. The molecule has 0 radical (unpaired) electrons. The zero-order chi connectivity index (χ0) is 40.7. The predicted molar refractivity (Wildman–Crippen MR) is 229 cm³/mol. The first kappa shape index (κ1) is 52.3. The molecule has 0 aliphatic heterocycles. The molecule has 0 aliphatic rings. The summed E-state index contributed by atoms with van der Waals surface area (Å²) >= 11 is 0. The van der Waals surface area contributed by atoms with Gasteiger partial charge in [-0.2, -0.15) is 0 Å². The molecule has 0 aliphatic carbocycles. The highest BCUT2D eigenvalue weighted by atomic mass is 16.6. The van der Waals surface area contributed by atoms with Gasteiger partial charge in [-0.05, 0) is 51.4 Å². The maximum atomic E-state index is 12.7. The highest BCUT2D eigenvalue weighted by Gasteiger charge is 2.31. The van der Waals surface area contributed by atoms with Crippen LogP contribution < -0.4 is 0 Å². The van der Waals surface area contributed by atoms with Crippen molar-refractivity contribution in [2.75, 3.05) is 41.0 Å². The van der Waals surface area contributed by atoms with Gasteiger partial charge < -0.3 is 23.8 Å². The van der Waals surface area contributed by atoms with E-state index in [4.69, 9.17) is 14.2 Å². The number of ether oxygens (including phenoxy) is 3. The zero-order valence-corrected chi connectivity index (χ0v) is 36.1. The van der Waals surface area contributed by atoms with E-state index in [1.807, 2.05) is 21.1 Å². The van der Waals surface area contributed by atoms with Crippen LogP contribution in [0.4, 0.5) is 0 Å². The molecular weight excluding hydrogens is 691 g/mol. The van der Waals surface area contributed by atoms with Crippen LogP contribution in [0.25, 0.3) is 0 Å². The molecule has 0 rings (SSSR count). The third kappa shape index (κ3) is 36.7. The molecule has 8 heteroatoms. The van der Waals surface area contributed by atoms with Gasteiger partial charge in [0.15, 0.2) is 12.1 Å². The Labute approximate surface area is 337 Å². The van der Waals surface area contributed by atoms with E-state index in [1.165, 1.54) is 96.3 Å². The minimum absolute atomic E-state index is 0.0451. The molecule has 1 N–H and O–H groups in total. The van der Waals surface area contributed by atoms with E-state index in [0.29, 0.717) is 19.3 Å². The number of carbonyl (C=O) groups is 3. The number of carboxylic acids is 1. The average molecular weight is 775 g/mol. The number of carboxylic acid groups (broad SMARTS) is 1. The van der Waals surface area contributed by atoms with Gasteiger partial charge in [-0.15, -0.1) is 0 Å². The maximum absolute atomic E-state index is 12.7. The van der Waals surface area contributed by atoms with Gasteiger partial charge in [-0.25, -0.2) is 4.79 Å². The Kier molecular flexibility index (Phi) is 36.3. The number of nitrogens with zero attached hydrogens (tertiary/aromatic N) is 1. The molecule has 0 bridgehead atoms. The van der Waals surface area contributed by atoms with Crippen molar-refractivity contribution in [3.8, 4) is 0 Å². The van der Waals surface area contributed by atoms with E-state index < -0.39 is 18.1 Å². The fraction of sp³-hybridized carbons (Fsp3) is 0.766. The van der Waals surface area contributed by atoms with Crippen LogP contribution in [-0.4, -0.2) is 80.6 Å². The monoisotopic (exact) mass is 775 g/mol. The number of hydrogen-bond donors (Lipinski definition) is 1. The van der Waals surface area contributed by atoms with Crippen LogP contribution in [-0.2, 0) is 28.6 Å². The highest BCUT2D eigenvalue weighted by molar-refractivity contribution is 5.72. The van der Waals surface area contributed by atoms with Crippen molar-refractivity contribution in [3.05, 3.63) is 48.6 Å². The fourth-order valence-electron chi connectivity index (χ4n) is 6.26. The van der Waals surface area contributed by atoms with Gasteiger partial charge >= 0.3 is 17.9 Å². The van der Waals surface area contributed by atoms with Crippen molar-refractivity contribution in [1.29, 1.82) is 0 Å². The van der Waals surface area contributed by atoms with Gasteiger partial charge in [0.1, 0.15) is 6.61 Å². The van der Waals surface area contributed by atoms with Crippen LogP contribution in [0, 0.1) is 0 Å². The van der Waals surface area contributed by atoms with Crippen molar-refractivity contribution in [2.45, 2.75) is 193 Å². The van der Waals surface area contributed by atoms with E-state index in [-0.39, 0.29) is 42.7 Å². The van der Waals surface area contributed by atoms with Crippen molar-refractivity contribution in [3.63, 3.8) is 0 Å². The third-order valence-electron chi connectivity index (χ3n) is 9.73. The molecule has 0 saturated carbocycles. The van der Waals surface area contributed by atoms with Crippen LogP contribution in [0.3, 0.4) is 0 Å². The maximum Gasteiger partial charge on any atom is 0.362 e. The van der Waals surface area contributed by atoms with Gasteiger partial charge in [0.2, 0.25) is 0 Å². The quantitative estimate of drug-likeness (QED) is 0.0287. The summed E-state index contributed by atoms with van der Waals surface area (Å²) in [6.07, 6.45) is 44.4. The van der Waals surface area contributed by atoms with Crippen LogP contribution in [0.2, 0.25) is 0 Å². The number of rotatable bonds is 39. The number of allylic oxidation sites excluding steroid dienone is 8. The Morgan fingerprint density at radius 2 is 0.982 bits per heavy atom. The first-order valence-corrected chi connectivity index (χ1v) is 22.2. The number of aliphatic carboxylic acids is 1. The Bertz CT molecular complexity index is 1040. The number of quaternary nitrogens is 1. The molecule has 0 fully saturated rings. The van der Waals surface area contributed by atoms with E-state index >= 15 is 0 Å². The Morgan fingerprint density at radius 3 is 1.47 bits per heavy atom. The second-order valence-electron chi connectivity index (χ2n) is 16.0. The average Bonchev–Trinajstić information content (AvgIpc) is 3.14. The summed E-state index contributed by atoms with van der Waals surface area (Å²) < 4.78 is 17.2. The van der Waals surface area contributed by atoms with Gasteiger partial charge in [0.25, 0.3) is 0 Å². The molecule has 8 nitrogen and oxygen atoms in total. The Balaban J connectivity index is 4.43. The number of hydrogen-bond acceptors (Lipinski definition) is 6. The van der Waals surface area contributed by atoms with E-state index in [2.05, 4.69) is 62.5 Å². The largest absolute Gasteiger partial charge is 0.477 e. The molecule has 318 valence electrons. The van der Waals surface area contributed by atoms with Crippen LogP contribution in [0.5, 0.6) is 0 Å². The Hall–Kier alpha value is -2.71. The lowest BCUT2D eigenvalue weighted by molar-refractivity contribution is -0.887. The summed E-state index contributed by atoms with van der Waals surface area (Å²) in [5, 5.41) is 9.61. The van der Waals surface area contributed by atoms with Crippen LogP contribution >= 0.6 is 0 Å². The summed E-state index contributed by atoms with van der Waals surface area (Å²) in [6.45, 7) is 4.65. The van der Waals surface area contributed by atoms with E-state index in [0.717, 1.165) is 44.9 Å². The Morgan fingerprint density at radius 1 is 0.545 bits per heavy atom. The summed E-state index contributed by atoms with van der Waals surface area (Å²) in [7, 11) is 5.51. The summed E-state index contributed by atoms with van der Waals surface area (Å²) in [6, 6.07) is -0.622. The summed E-state index contributed by atoms with van der Waals surface area (Å²) in [5.41, 5.74) is 0. The molecule has 55 heavy (non-hydrogen) atoms. The summed E-state index contributed by atoms with van der Waals surface area (Å²) in [5.74, 6) is -1.54.